The van der Waals surface area contributed by atoms with Gasteiger partial charge in [-0.1, -0.05) is 18.2 Å². The maximum Gasteiger partial charge on any atom is 0.326 e. The molecule has 1 aliphatic rings. The summed E-state index contributed by atoms with van der Waals surface area (Å²) in [7, 11) is 0. The van der Waals surface area contributed by atoms with Crippen LogP contribution in [0.15, 0.2) is 40.0 Å². The molecule has 2 aromatic rings. The Morgan fingerprint density at radius 1 is 1.21 bits per heavy atom. The maximum absolute atomic E-state index is 12.7. The van der Waals surface area contributed by atoms with Gasteiger partial charge in [0.25, 0.3) is 16.7 Å². The van der Waals surface area contributed by atoms with Crippen LogP contribution in [0.4, 0.5) is 4.79 Å². The normalized spacial score (nSPS) is 15.7. The van der Waals surface area contributed by atoms with E-state index in [1.165, 1.54) is 10.8 Å². The third-order valence-electron chi connectivity index (χ3n) is 3.93. The summed E-state index contributed by atoms with van der Waals surface area (Å²) in [4.78, 5) is 50.1. The predicted molar refractivity (Wildman–Crippen MR) is 105 cm³/mol. The number of carbonyl (C=O) groups excluding carboxylic acids is 3. The van der Waals surface area contributed by atoms with Gasteiger partial charge in [0.15, 0.2) is 0 Å². The Bertz CT molecular complexity index is 1020. The van der Waals surface area contributed by atoms with Crippen molar-refractivity contribution in [2.24, 2.45) is 0 Å². The van der Waals surface area contributed by atoms with E-state index in [0.717, 1.165) is 4.90 Å². The molecule has 2 amide bonds. The molecule has 1 saturated heterocycles. The first-order valence-corrected chi connectivity index (χ1v) is 9.41. The first kappa shape index (κ1) is 19.7. The van der Waals surface area contributed by atoms with E-state index in [2.05, 4.69) is 5.10 Å². The van der Waals surface area contributed by atoms with Crippen LogP contribution in [0.25, 0.3) is 11.8 Å². The number of aromatic amines is 1. The third-order valence-corrected chi connectivity index (χ3v) is 4.84. The van der Waals surface area contributed by atoms with E-state index < -0.39 is 23.7 Å². The molecule has 0 saturated carbocycles. The summed E-state index contributed by atoms with van der Waals surface area (Å²) in [6, 6.07) is 8.99. The Labute approximate surface area is 165 Å². The van der Waals surface area contributed by atoms with Gasteiger partial charge in [0.1, 0.15) is 6.54 Å². The zero-order valence-corrected chi connectivity index (χ0v) is 16.4. The molecule has 8 nitrogen and oxygen atoms in total. The number of aryl methyl sites for hydroxylation is 1. The van der Waals surface area contributed by atoms with E-state index >= 15 is 0 Å². The number of rotatable bonds is 5. The lowest BCUT2D eigenvalue weighted by Crippen LogP contribution is -2.35. The molecule has 3 rings (SSSR count). The molecule has 1 N–H and O–H groups in total. The maximum atomic E-state index is 12.7. The van der Waals surface area contributed by atoms with Crippen LogP contribution < -0.4 is 5.56 Å². The Morgan fingerprint density at radius 2 is 1.89 bits per heavy atom. The topological polar surface area (TPSA) is 101 Å². The van der Waals surface area contributed by atoms with Crippen LogP contribution in [-0.4, -0.2) is 44.4 Å². The number of amides is 2. The van der Waals surface area contributed by atoms with Crippen molar-refractivity contribution in [2.45, 2.75) is 26.9 Å². The summed E-state index contributed by atoms with van der Waals surface area (Å²) in [5, 5.41) is 2.39. The van der Waals surface area contributed by atoms with Gasteiger partial charge in [0.05, 0.1) is 22.3 Å². The Balaban J connectivity index is 1.88. The molecular weight excluding hydrogens is 382 g/mol. The van der Waals surface area contributed by atoms with Gasteiger partial charge in [-0.3, -0.25) is 29.2 Å². The highest BCUT2D eigenvalue weighted by atomic mass is 32.2. The van der Waals surface area contributed by atoms with Crippen molar-refractivity contribution in [2.75, 3.05) is 6.54 Å². The number of nitrogens with zero attached hydrogens (tertiary/aromatic N) is 2. The summed E-state index contributed by atoms with van der Waals surface area (Å²) < 4.78 is 6.35. The third kappa shape index (κ3) is 3.94. The number of esters is 1. The highest BCUT2D eigenvalue weighted by Gasteiger charge is 2.37. The van der Waals surface area contributed by atoms with Crippen molar-refractivity contribution in [3.05, 3.63) is 56.8 Å². The number of aromatic nitrogens is 2. The second-order valence-corrected chi connectivity index (χ2v) is 7.43. The summed E-state index contributed by atoms with van der Waals surface area (Å²) in [6.45, 7) is 4.60. The van der Waals surface area contributed by atoms with Gasteiger partial charge < -0.3 is 4.74 Å². The molecule has 1 aromatic carbocycles. The quantitative estimate of drug-likeness (QED) is 0.610. The molecule has 0 aliphatic carbocycles. The number of imide groups is 1. The fraction of sp³-hybridized carbons (Fsp3) is 0.263. The zero-order chi connectivity index (χ0) is 20.4. The van der Waals surface area contributed by atoms with Gasteiger partial charge in [0.2, 0.25) is 0 Å². The number of para-hydroxylation sites is 1. The standard InChI is InChI=1S/C19H19N3O5S/c1-11(2)27-16(23)10-21-18(25)15(28-19(21)26)9-14-12(3)20-22(17(14)24)13-7-5-4-6-8-13/h4-9,11,20H,10H2,1-3H3/b15-9-. The van der Waals surface area contributed by atoms with Gasteiger partial charge in [-0.2, -0.15) is 0 Å². The lowest BCUT2D eigenvalue weighted by Gasteiger charge is -2.13. The number of benzene rings is 1. The summed E-state index contributed by atoms with van der Waals surface area (Å²) in [6.07, 6.45) is 1.04. The molecule has 2 heterocycles. The van der Waals surface area contributed by atoms with E-state index in [4.69, 9.17) is 4.74 Å². The fourth-order valence-corrected chi connectivity index (χ4v) is 3.51. The van der Waals surface area contributed by atoms with Crippen LogP contribution in [-0.2, 0) is 14.3 Å². The summed E-state index contributed by atoms with van der Waals surface area (Å²) in [5.74, 6) is -1.29. The minimum absolute atomic E-state index is 0.0850. The molecule has 28 heavy (non-hydrogen) atoms. The zero-order valence-electron chi connectivity index (χ0n) is 15.6. The van der Waals surface area contributed by atoms with Crippen molar-refractivity contribution in [1.29, 1.82) is 0 Å². The molecule has 0 spiro atoms. The van der Waals surface area contributed by atoms with Crippen LogP contribution in [0.3, 0.4) is 0 Å². The van der Waals surface area contributed by atoms with Crippen molar-refractivity contribution in [3.8, 4) is 5.69 Å². The lowest BCUT2D eigenvalue weighted by molar-refractivity contribution is -0.149. The van der Waals surface area contributed by atoms with Crippen LogP contribution in [0.5, 0.6) is 0 Å². The first-order chi connectivity index (χ1) is 13.3. The second-order valence-electron chi connectivity index (χ2n) is 6.43. The van der Waals surface area contributed by atoms with Crippen LogP contribution in [0.1, 0.15) is 25.1 Å². The highest BCUT2D eigenvalue weighted by molar-refractivity contribution is 8.18. The number of ether oxygens (including phenoxy) is 1. The summed E-state index contributed by atoms with van der Waals surface area (Å²) >= 11 is 0.689. The van der Waals surface area contributed by atoms with Crippen molar-refractivity contribution >= 4 is 35.0 Å². The molecule has 0 unspecified atom stereocenters. The number of hydrogen-bond acceptors (Lipinski definition) is 6. The number of hydrogen-bond donors (Lipinski definition) is 1. The molecule has 9 heteroatoms. The molecule has 146 valence electrons. The molecule has 0 atom stereocenters. The molecular formula is C19H19N3O5S. The molecule has 1 aliphatic heterocycles. The minimum Gasteiger partial charge on any atom is -0.462 e. The monoisotopic (exact) mass is 401 g/mol. The van der Waals surface area contributed by atoms with Gasteiger partial charge in [-0.15, -0.1) is 0 Å². The Hall–Kier alpha value is -3.07. The Morgan fingerprint density at radius 3 is 2.54 bits per heavy atom. The van der Waals surface area contributed by atoms with Gasteiger partial charge in [-0.05, 0) is 50.7 Å². The largest absolute Gasteiger partial charge is 0.462 e. The van der Waals surface area contributed by atoms with E-state index in [-0.39, 0.29) is 22.1 Å². The molecule has 1 aromatic heterocycles. The minimum atomic E-state index is -0.664. The molecule has 0 bridgehead atoms. The number of thioether (sulfide) groups is 1. The van der Waals surface area contributed by atoms with Crippen molar-refractivity contribution in [3.63, 3.8) is 0 Å². The van der Waals surface area contributed by atoms with Gasteiger partial charge in [0, 0.05) is 5.69 Å². The first-order valence-electron chi connectivity index (χ1n) is 8.60. The number of H-pyrrole nitrogens is 1. The van der Waals surface area contributed by atoms with Crippen LogP contribution in [0.2, 0.25) is 0 Å². The van der Waals surface area contributed by atoms with Crippen LogP contribution in [0, 0.1) is 6.92 Å². The van der Waals surface area contributed by atoms with Crippen molar-refractivity contribution in [1.82, 2.24) is 14.7 Å². The second kappa shape index (κ2) is 7.89. The summed E-state index contributed by atoms with van der Waals surface area (Å²) in [5.41, 5.74) is 1.15. The Kier molecular flexibility index (Phi) is 5.55. The van der Waals surface area contributed by atoms with E-state index in [9.17, 15) is 19.2 Å². The number of carbonyl (C=O) groups is 3. The predicted octanol–water partition coefficient (Wildman–Crippen LogP) is 2.46. The van der Waals surface area contributed by atoms with Gasteiger partial charge >= 0.3 is 5.97 Å². The smallest absolute Gasteiger partial charge is 0.326 e. The van der Waals surface area contributed by atoms with Gasteiger partial charge in [-0.25, -0.2) is 4.68 Å². The van der Waals surface area contributed by atoms with Crippen LogP contribution >= 0.6 is 11.8 Å². The number of nitrogens with one attached hydrogen (secondary N) is 1. The SMILES string of the molecule is Cc1[nH]n(-c2ccccc2)c(=O)c1/C=C1\SC(=O)N(CC(=O)OC(C)C)C1=O. The lowest BCUT2D eigenvalue weighted by atomic mass is 10.2. The molecule has 0 radical (unpaired) electrons. The van der Waals surface area contributed by atoms with E-state index in [0.29, 0.717) is 23.1 Å². The average molecular weight is 401 g/mol. The van der Waals surface area contributed by atoms with E-state index in [1.54, 1.807) is 45.0 Å². The average Bonchev–Trinajstić information content (AvgIpc) is 3.07. The van der Waals surface area contributed by atoms with E-state index in [1.807, 2.05) is 6.07 Å². The highest BCUT2D eigenvalue weighted by Crippen LogP contribution is 2.32. The fourth-order valence-electron chi connectivity index (χ4n) is 2.69. The molecule has 1 fully saturated rings. The van der Waals surface area contributed by atoms with Crippen molar-refractivity contribution < 1.29 is 19.1 Å².